The molecular weight excluding hydrogens is 365 g/mol. The molecule has 4 nitrogen and oxygen atoms in total. The van der Waals surface area contributed by atoms with E-state index in [-0.39, 0.29) is 0 Å². The number of halogens is 2. The third-order valence-electron chi connectivity index (χ3n) is 2.45. The molecule has 2 rings (SSSR count). The Hall–Kier alpha value is -1.08. The number of aryl methyl sites for hydroxylation is 1. The van der Waals surface area contributed by atoms with Gasteiger partial charge in [0.25, 0.3) is 0 Å². The quantitative estimate of drug-likeness (QED) is 0.818. The molecule has 0 aliphatic heterocycles. The summed E-state index contributed by atoms with van der Waals surface area (Å²) < 4.78 is 5.98. The Bertz CT molecular complexity index is 581. The van der Waals surface area contributed by atoms with E-state index >= 15 is 0 Å². The van der Waals surface area contributed by atoms with E-state index in [1.165, 1.54) is 0 Å². The molecule has 1 heterocycles. The van der Waals surface area contributed by atoms with E-state index < -0.39 is 0 Å². The van der Waals surface area contributed by atoms with Crippen molar-refractivity contribution < 1.29 is 4.74 Å². The van der Waals surface area contributed by atoms with E-state index in [4.69, 9.17) is 22.1 Å². The average molecular weight is 376 g/mol. The molecule has 0 bridgehead atoms. The second kappa shape index (κ2) is 5.27. The van der Waals surface area contributed by atoms with E-state index in [2.05, 4.69) is 32.6 Å². The van der Waals surface area contributed by atoms with Crippen molar-refractivity contribution in [3.05, 3.63) is 32.5 Å². The van der Waals surface area contributed by atoms with Gasteiger partial charge in [-0.2, -0.15) is 0 Å². The predicted molar refractivity (Wildman–Crippen MR) is 80.9 cm³/mol. The number of rotatable bonds is 2. The SMILES string of the molecule is COc1ccc(-c2nc(C)c(I)c(N)n2)cc1Cl. The molecule has 1 aromatic heterocycles. The number of nitrogen functional groups attached to an aromatic ring is 1. The van der Waals surface area contributed by atoms with Gasteiger partial charge in [0.15, 0.2) is 5.82 Å². The maximum Gasteiger partial charge on any atom is 0.161 e. The van der Waals surface area contributed by atoms with Gasteiger partial charge in [-0.15, -0.1) is 0 Å². The van der Waals surface area contributed by atoms with E-state index in [0.29, 0.717) is 22.4 Å². The number of hydrogen-bond acceptors (Lipinski definition) is 4. The zero-order valence-electron chi connectivity index (χ0n) is 9.87. The smallest absolute Gasteiger partial charge is 0.161 e. The molecule has 0 spiro atoms. The number of benzene rings is 1. The number of nitrogens with two attached hydrogens (primary N) is 1. The van der Waals surface area contributed by atoms with Crippen molar-refractivity contribution >= 4 is 40.0 Å². The number of methoxy groups -OCH3 is 1. The van der Waals surface area contributed by atoms with Crippen LogP contribution in [-0.2, 0) is 0 Å². The molecule has 0 fully saturated rings. The monoisotopic (exact) mass is 375 g/mol. The van der Waals surface area contributed by atoms with Gasteiger partial charge in [0.05, 0.1) is 21.4 Å². The van der Waals surface area contributed by atoms with Crippen molar-refractivity contribution in [2.45, 2.75) is 6.92 Å². The largest absolute Gasteiger partial charge is 0.495 e. The lowest BCUT2D eigenvalue weighted by atomic mass is 10.2. The van der Waals surface area contributed by atoms with Crippen LogP contribution in [0.25, 0.3) is 11.4 Å². The van der Waals surface area contributed by atoms with Crippen molar-refractivity contribution in [2.75, 3.05) is 12.8 Å². The van der Waals surface area contributed by atoms with Crippen LogP contribution in [0, 0.1) is 10.5 Å². The fraction of sp³-hybridized carbons (Fsp3) is 0.167. The highest BCUT2D eigenvalue weighted by Gasteiger charge is 2.10. The van der Waals surface area contributed by atoms with Crippen LogP contribution in [0.5, 0.6) is 5.75 Å². The minimum Gasteiger partial charge on any atom is -0.495 e. The first-order valence-corrected chi connectivity index (χ1v) is 6.62. The first kappa shape index (κ1) is 13.4. The molecule has 0 radical (unpaired) electrons. The minimum atomic E-state index is 0.477. The summed E-state index contributed by atoms with van der Waals surface area (Å²) in [5, 5.41) is 0.522. The molecule has 0 amide bonds. The molecule has 1 aromatic carbocycles. The minimum absolute atomic E-state index is 0.477. The van der Waals surface area contributed by atoms with Crippen LogP contribution in [0.2, 0.25) is 5.02 Å². The Balaban J connectivity index is 2.52. The third-order valence-corrected chi connectivity index (χ3v) is 4.08. The van der Waals surface area contributed by atoms with Gasteiger partial charge in [-0.25, -0.2) is 9.97 Å². The molecule has 2 aromatic rings. The van der Waals surface area contributed by atoms with Crippen LogP contribution in [0.15, 0.2) is 18.2 Å². The summed E-state index contributed by atoms with van der Waals surface area (Å²) in [4.78, 5) is 8.66. The molecule has 0 saturated heterocycles. The second-order valence-electron chi connectivity index (χ2n) is 3.68. The van der Waals surface area contributed by atoms with Crippen LogP contribution in [0.4, 0.5) is 5.82 Å². The highest BCUT2D eigenvalue weighted by molar-refractivity contribution is 14.1. The van der Waals surface area contributed by atoms with Crippen molar-refractivity contribution in [2.24, 2.45) is 0 Å². The summed E-state index contributed by atoms with van der Waals surface area (Å²) in [6.45, 7) is 1.90. The number of anilines is 1. The van der Waals surface area contributed by atoms with Crippen LogP contribution in [-0.4, -0.2) is 17.1 Å². The standard InChI is InChI=1S/C12H11ClIN3O/c1-6-10(14)11(15)17-12(16-6)7-3-4-9(18-2)8(13)5-7/h3-5H,1-2H3,(H2,15,16,17). The highest BCUT2D eigenvalue weighted by Crippen LogP contribution is 2.29. The number of aromatic nitrogens is 2. The Labute approximate surface area is 124 Å². The van der Waals surface area contributed by atoms with Crippen molar-refractivity contribution in [3.63, 3.8) is 0 Å². The molecule has 0 unspecified atom stereocenters. The van der Waals surface area contributed by atoms with Gasteiger partial charge < -0.3 is 10.5 Å². The fourth-order valence-electron chi connectivity index (χ4n) is 1.52. The van der Waals surface area contributed by atoms with Gasteiger partial charge in [-0.3, -0.25) is 0 Å². The van der Waals surface area contributed by atoms with Gasteiger partial charge in [0.2, 0.25) is 0 Å². The van der Waals surface area contributed by atoms with Gasteiger partial charge >= 0.3 is 0 Å². The number of ether oxygens (including phenoxy) is 1. The molecule has 0 atom stereocenters. The van der Waals surface area contributed by atoms with E-state index in [1.54, 1.807) is 19.2 Å². The molecular formula is C12H11ClIN3O. The molecule has 0 aliphatic carbocycles. The first-order valence-electron chi connectivity index (χ1n) is 5.16. The van der Waals surface area contributed by atoms with Gasteiger partial charge in [-0.1, -0.05) is 11.6 Å². The molecule has 94 valence electrons. The first-order chi connectivity index (χ1) is 8.52. The Morgan fingerprint density at radius 2 is 2.06 bits per heavy atom. The van der Waals surface area contributed by atoms with E-state index in [1.807, 2.05) is 13.0 Å². The van der Waals surface area contributed by atoms with E-state index in [0.717, 1.165) is 14.8 Å². The molecule has 0 aliphatic rings. The lowest BCUT2D eigenvalue weighted by Gasteiger charge is -2.08. The molecule has 6 heteroatoms. The zero-order valence-corrected chi connectivity index (χ0v) is 12.8. The Morgan fingerprint density at radius 3 is 2.61 bits per heavy atom. The predicted octanol–water partition coefficient (Wildman–Crippen LogP) is 3.30. The van der Waals surface area contributed by atoms with Crippen molar-refractivity contribution in [1.29, 1.82) is 0 Å². The van der Waals surface area contributed by atoms with Crippen molar-refractivity contribution in [3.8, 4) is 17.1 Å². The highest BCUT2D eigenvalue weighted by atomic mass is 127. The topological polar surface area (TPSA) is 61.0 Å². The lowest BCUT2D eigenvalue weighted by Crippen LogP contribution is -2.02. The van der Waals surface area contributed by atoms with Gasteiger partial charge in [0.1, 0.15) is 11.6 Å². The average Bonchev–Trinajstić information content (AvgIpc) is 2.35. The summed E-state index contributed by atoms with van der Waals surface area (Å²) in [7, 11) is 1.57. The summed E-state index contributed by atoms with van der Waals surface area (Å²) in [6.07, 6.45) is 0. The molecule has 2 N–H and O–H groups in total. The normalized spacial score (nSPS) is 10.4. The summed E-state index contributed by atoms with van der Waals surface area (Å²) in [6, 6.07) is 5.40. The van der Waals surface area contributed by atoms with Crippen LogP contribution in [0.3, 0.4) is 0 Å². The van der Waals surface area contributed by atoms with Crippen LogP contribution >= 0.6 is 34.2 Å². The van der Waals surface area contributed by atoms with Gasteiger partial charge in [-0.05, 0) is 47.7 Å². The number of nitrogens with zero attached hydrogens (tertiary/aromatic N) is 2. The summed E-state index contributed by atoms with van der Waals surface area (Å²) >= 11 is 8.20. The number of hydrogen-bond donors (Lipinski definition) is 1. The third kappa shape index (κ3) is 2.51. The molecule has 18 heavy (non-hydrogen) atoms. The Kier molecular flexibility index (Phi) is 3.91. The van der Waals surface area contributed by atoms with Crippen LogP contribution < -0.4 is 10.5 Å². The summed E-state index contributed by atoms with van der Waals surface area (Å²) in [5.41, 5.74) is 7.50. The van der Waals surface area contributed by atoms with E-state index in [9.17, 15) is 0 Å². The second-order valence-corrected chi connectivity index (χ2v) is 5.17. The zero-order chi connectivity index (χ0) is 13.3. The van der Waals surface area contributed by atoms with Crippen LogP contribution in [0.1, 0.15) is 5.69 Å². The lowest BCUT2D eigenvalue weighted by molar-refractivity contribution is 0.415. The maximum absolute atomic E-state index is 6.08. The van der Waals surface area contributed by atoms with Gasteiger partial charge in [0, 0.05) is 5.56 Å². The fourth-order valence-corrected chi connectivity index (χ4v) is 2.01. The van der Waals surface area contributed by atoms with Crippen molar-refractivity contribution in [1.82, 2.24) is 9.97 Å². The summed E-state index contributed by atoms with van der Waals surface area (Å²) in [5.74, 6) is 1.66. The Morgan fingerprint density at radius 1 is 1.33 bits per heavy atom. The maximum atomic E-state index is 6.08. The molecule has 0 saturated carbocycles.